The van der Waals surface area contributed by atoms with E-state index in [9.17, 15) is 0 Å². The lowest BCUT2D eigenvalue weighted by atomic mass is 10.2. The molecule has 2 aromatic heterocycles. The van der Waals surface area contributed by atoms with Crippen LogP contribution in [-0.2, 0) is 7.05 Å². The molecule has 6 nitrogen and oxygen atoms in total. The van der Waals surface area contributed by atoms with E-state index in [0.29, 0.717) is 11.8 Å². The Morgan fingerprint density at radius 2 is 2.08 bits per heavy atom. The third-order valence-corrected chi connectivity index (χ3v) is 3.77. The minimum Gasteiger partial charge on any atom is -0.437 e. The van der Waals surface area contributed by atoms with E-state index in [1.54, 1.807) is 12.3 Å². The highest BCUT2D eigenvalue weighted by atomic mass is 16.5. The number of anilines is 1. The van der Waals surface area contributed by atoms with Crippen molar-refractivity contribution in [2.75, 3.05) is 32.5 Å². The van der Waals surface area contributed by atoms with Gasteiger partial charge < -0.3 is 19.5 Å². The summed E-state index contributed by atoms with van der Waals surface area (Å²) in [5, 5.41) is 4.38. The quantitative estimate of drug-likeness (QED) is 0.676. The Labute approximate surface area is 142 Å². The number of hydrogen-bond donors (Lipinski definition) is 1. The molecule has 24 heavy (non-hydrogen) atoms. The average molecular weight is 325 g/mol. The third-order valence-electron chi connectivity index (χ3n) is 3.77. The predicted octanol–water partition coefficient (Wildman–Crippen LogP) is 3.12. The molecule has 3 aromatic rings. The van der Waals surface area contributed by atoms with Gasteiger partial charge in [0.1, 0.15) is 0 Å². The van der Waals surface area contributed by atoms with Crippen molar-refractivity contribution in [1.82, 2.24) is 19.4 Å². The van der Waals surface area contributed by atoms with Crippen LogP contribution in [0.1, 0.15) is 6.42 Å². The number of ether oxygens (including phenoxy) is 1. The van der Waals surface area contributed by atoms with Crippen LogP contribution in [0.4, 0.5) is 5.95 Å². The van der Waals surface area contributed by atoms with E-state index in [1.807, 2.05) is 29.9 Å². The first-order chi connectivity index (χ1) is 11.6. The van der Waals surface area contributed by atoms with E-state index in [4.69, 9.17) is 4.74 Å². The van der Waals surface area contributed by atoms with Gasteiger partial charge in [0, 0.05) is 37.4 Å². The van der Waals surface area contributed by atoms with Crippen LogP contribution in [-0.4, -0.2) is 46.6 Å². The Bertz CT molecular complexity index is 812. The second-order valence-electron chi connectivity index (χ2n) is 6.02. The molecule has 0 bridgehead atoms. The highest BCUT2D eigenvalue weighted by Gasteiger charge is 2.08. The maximum Gasteiger partial charge on any atom is 0.225 e. The Kier molecular flexibility index (Phi) is 4.96. The summed E-state index contributed by atoms with van der Waals surface area (Å²) >= 11 is 0. The van der Waals surface area contributed by atoms with E-state index in [-0.39, 0.29) is 0 Å². The van der Waals surface area contributed by atoms with E-state index in [1.165, 1.54) is 0 Å². The van der Waals surface area contributed by atoms with Gasteiger partial charge in [0.05, 0.1) is 5.52 Å². The van der Waals surface area contributed by atoms with Gasteiger partial charge in [-0.25, -0.2) is 4.98 Å². The standard InChI is InChI=1S/C18H23N5O/c1-22(2)12-5-10-19-18-20-11-8-16(21-18)24-15-7-4-6-14-9-13-23(3)17(14)15/h4,6-9,11,13H,5,10,12H2,1-3H3,(H,19,20,21). The number of fused-ring (bicyclic) bond motifs is 1. The second-order valence-corrected chi connectivity index (χ2v) is 6.02. The van der Waals surface area contributed by atoms with Gasteiger partial charge in [0.25, 0.3) is 0 Å². The number of nitrogens with one attached hydrogen (secondary N) is 1. The zero-order valence-corrected chi connectivity index (χ0v) is 14.4. The summed E-state index contributed by atoms with van der Waals surface area (Å²) in [4.78, 5) is 10.8. The van der Waals surface area contributed by atoms with Gasteiger partial charge >= 0.3 is 0 Å². The van der Waals surface area contributed by atoms with Crippen molar-refractivity contribution >= 4 is 16.9 Å². The first-order valence-corrected chi connectivity index (χ1v) is 8.07. The van der Waals surface area contributed by atoms with Gasteiger partial charge in [-0.05, 0) is 39.2 Å². The van der Waals surface area contributed by atoms with Crippen molar-refractivity contribution in [2.24, 2.45) is 7.05 Å². The molecule has 0 radical (unpaired) electrons. The molecule has 0 aliphatic heterocycles. The monoisotopic (exact) mass is 325 g/mol. The lowest BCUT2D eigenvalue weighted by Gasteiger charge is -2.11. The Morgan fingerprint density at radius 1 is 1.21 bits per heavy atom. The van der Waals surface area contributed by atoms with E-state index in [0.717, 1.165) is 36.2 Å². The number of benzene rings is 1. The second kappa shape index (κ2) is 7.31. The Hall–Kier alpha value is -2.60. The highest BCUT2D eigenvalue weighted by molar-refractivity contribution is 5.86. The van der Waals surface area contributed by atoms with Crippen molar-refractivity contribution in [1.29, 1.82) is 0 Å². The zero-order chi connectivity index (χ0) is 16.9. The van der Waals surface area contributed by atoms with Crippen LogP contribution in [0.25, 0.3) is 10.9 Å². The Morgan fingerprint density at radius 3 is 2.92 bits per heavy atom. The van der Waals surface area contributed by atoms with Gasteiger partial charge in [-0.3, -0.25) is 0 Å². The van der Waals surface area contributed by atoms with Crippen LogP contribution in [0.3, 0.4) is 0 Å². The molecule has 2 heterocycles. The summed E-state index contributed by atoms with van der Waals surface area (Å²) in [6, 6.07) is 9.85. The molecule has 0 spiro atoms. The van der Waals surface area contributed by atoms with Gasteiger partial charge in [-0.2, -0.15) is 4.98 Å². The molecule has 0 atom stereocenters. The molecule has 126 valence electrons. The zero-order valence-electron chi connectivity index (χ0n) is 14.4. The van der Waals surface area contributed by atoms with Gasteiger partial charge in [-0.15, -0.1) is 0 Å². The fourth-order valence-corrected chi connectivity index (χ4v) is 2.59. The van der Waals surface area contributed by atoms with E-state index >= 15 is 0 Å². The van der Waals surface area contributed by atoms with Crippen LogP contribution in [0.5, 0.6) is 11.6 Å². The molecular formula is C18H23N5O. The number of para-hydroxylation sites is 1. The minimum atomic E-state index is 0.536. The molecule has 0 unspecified atom stereocenters. The summed E-state index contributed by atoms with van der Waals surface area (Å²) in [6.45, 7) is 1.85. The van der Waals surface area contributed by atoms with Crippen LogP contribution < -0.4 is 10.1 Å². The van der Waals surface area contributed by atoms with Crippen molar-refractivity contribution in [3.8, 4) is 11.6 Å². The van der Waals surface area contributed by atoms with E-state index < -0.39 is 0 Å². The smallest absolute Gasteiger partial charge is 0.225 e. The fraction of sp³-hybridized carbons (Fsp3) is 0.333. The number of aryl methyl sites for hydroxylation is 1. The molecular weight excluding hydrogens is 302 g/mol. The SMILES string of the molecule is CN(C)CCCNc1nccc(Oc2cccc3ccn(C)c23)n1. The molecule has 0 aliphatic carbocycles. The van der Waals surface area contributed by atoms with Gasteiger partial charge in [0.2, 0.25) is 11.8 Å². The van der Waals surface area contributed by atoms with E-state index in [2.05, 4.69) is 46.4 Å². The van der Waals surface area contributed by atoms with Crippen LogP contribution >= 0.6 is 0 Å². The topological polar surface area (TPSA) is 55.2 Å². The van der Waals surface area contributed by atoms with Crippen molar-refractivity contribution in [2.45, 2.75) is 6.42 Å². The molecule has 1 N–H and O–H groups in total. The number of aromatic nitrogens is 3. The maximum absolute atomic E-state index is 6.00. The first-order valence-electron chi connectivity index (χ1n) is 8.07. The number of nitrogens with zero attached hydrogens (tertiary/aromatic N) is 4. The van der Waals surface area contributed by atoms with Crippen molar-refractivity contribution < 1.29 is 4.74 Å². The van der Waals surface area contributed by atoms with Crippen molar-refractivity contribution in [3.63, 3.8) is 0 Å². The number of hydrogen-bond acceptors (Lipinski definition) is 5. The molecule has 0 fully saturated rings. The molecule has 0 saturated carbocycles. The van der Waals surface area contributed by atoms with Crippen molar-refractivity contribution in [3.05, 3.63) is 42.7 Å². The minimum absolute atomic E-state index is 0.536. The summed E-state index contributed by atoms with van der Waals surface area (Å²) in [5.74, 6) is 1.91. The molecule has 6 heteroatoms. The fourth-order valence-electron chi connectivity index (χ4n) is 2.59. The highest BCUT2D eigenvalue weighted by Crippen LogP contribution is 2.29. The molecule has 0 amide bonds. The summed E-state index contributed by atoms with van der Waals surface area (Å²) in [6.07, 6.45) is 4.76. The maximum atomic E-state index is 6.00. The van der Waals surface area contributed by atoms with Gasteiger partial charge in [-0.1, -0.05) is 12.1 Å². The number of rotatable bonds is 7. The normalized spacial score (nSPS) is 11.2. The van der Waals surface area contributed by atoms with Crippen LogP contribution in [0.2, 0.25) is 0 Å². The molecule has 1 aromatic carbocycles. The largest absolute Gasteiger partial charge is 0.437 e. The lowest BCUT2D eigenvalue weighted by Crippen LogP contribution is -2.17. The molecule has 0 aliphatic rings. The summed E-state index contributed by atoms with van der Waals surface area (Å²) < 4.78 is 8.04. The first kappa shape index (κ1) is 16.3. The van der Waals surface area contributed by atoms with Gasteiger partial charge in [0.15, 0.2) is 5.75 Å². The molecule has 0 saturated heterocycles. The summed E-state index contributed by atoms with van der Waals surface area (Å²) in [5.41, 5.74) is 1.05. The van der Waals surface area contributed by atoms with Crippen LogP contribution in [0.15, 0.2) is 42.7 Å². The molecule has 3 rings (SSSR count). The lowest BCUT2D eigenvalue weighted by molar-refractivity contribution is 0.405. The Balaban J connectivity index is 1.71. The average Bonchev–Trinajstić information content (AvgIpc) is 2.94. The van der Waals surface area contributed by atoms with Crippen LogP contribution in [0, 0.1) is 0 Å². The third kappa shape index (κ3) is 3.83. The summed E-state index contributed by atoms with van der Waals surface area (Å²) in [7, 11) is 6.14. The predicted molar refractivity (Wildman–Crippen MR) is 96.7 cm³/mol.